The Kier molecular flexibility index (Phi) is 4.40. The second kappa shape index (κ2) is 6.59. The first-order valence-corrected chi connectivity index (χ1v) is 9.49. The molecule has 6 nitrogen and oxygen atoms in total. The SMILES string of the molecule is CC(C)N1CCC(Nc2c3c(nc4cc(O)c(O)cc24)CN(C)C3)CC1. The van der Waals surface area contributed by atoms with Crippen LogP contribution < -0.4 is 5.32 Å². The number of piperidine rings is 1. The van der Waals surface area contributed by atoms with Crippen LogP contribution in [0.5, 0.6) is 11.5 Å². The first-order valence-electron chi connectivity index (χ1n) is 9.49. The standard InChI is InChI=1S/C20H28N4O2/c1-12(2)24-6-4-13(5-7-24)21-20-14-8-18(25)19(26)9-16(14)22-17-11-23(3)10-15(17)20/h8-9,12-13,25-26H,4-7,10-11H2,1-3H3,(H,21,22). The number of aromatic nitrogens is 1. The van der Waals surface area contributed by atoms with Crippen molar-refractivity contribution in [3.05, 3.63) is 23.4 Å². The van der Waals surface area contributed by atoms with Crippen molar-refractivity contribution in [1.29, 1.82) is 0 Å². The van der Waals surface area contributed by atoms with Gasteiger partial charge in [-0.3, -0.25) is 9.88 Å². The van der Waals surface area contributed by atoms with E-state index in [1.54, 1.807) is 12.1 Å². The average molecular weight is 356 g/mol. The van der Waals surface area contributed by atoms with Crippen molar-refractivity contribution in [2.75, 3.05) is 25.5 Å². The number of nitrogens with one attached hydrogen (secondary N) is 1. The highest BCUT2D eigenvalue weighted by Gasteiger charge is 2.27. The number of hydrogen-bond acceptors (Lipinski definition) is 6. The van der Waals surface area contributed by atoms with Gasteiger partial charge in [-0.15, -0.1) is 0 Å². The smallest absolute Gasteiger partial charge is 0.159 e. The number of benzene rings is 1. The Balaban J connectivity index is 1.69. The van der Waals surface area contributed by atoms with Crippen LogP contribution in [0.15, 0.2) is 12.1 Å². The van der Waals surface area contributed by atoms with Crippen LogP contribution in [0, 0.1) is 0 Å². The molecule has 6 heteroatoms. The fraction of sp³-hybridized carbons (Fsp3) is 0.550. The summed E-state index contributed by atoms with van der Waals surface area (Å²) >= 11 is 0. The molecular weight excluding hydrogens is 328 g/mol. The number of phenolic OH excluding ortho intramolecular Hbond substituents is 2. The van der Waals surface area contributed by atoms with Crippen molar-refractivity contribution in [1.82, 2.24) is 14.8 Å². The Morgan fingerprint density at radius 2 is 1.81 bits per heavy atom. The van der Waals surface area contributed by atoms with Gasteiger partial charge in [0.25, 0.3) is 0 Å². The van der Waals surface area contributed by atoms with Gasteiger partial charge in [-0.2, -0.15) is 0 Å². The van der Waals surface area contributed by atoms with E-state index in [1.165, 1.54) is 5.56 Å². The number of aromatic hydroxyl groups is 2. The normalized spacial score (nSPS) is 19.4. The highest BCUT2D eigenvalue weighted by molar-refractivity contribution is 5.95. The molecule has 0 saturated carbocycles. The van der Waals surface area contributed by atoms with Crippen LogP contribution in [0.25, 0.3) is 10.9 Å². The number of anilines is 1. The fourth-order valence-electron chi connectivity index (χ4n) is 4.19. The highest BCUT2D eigenvalue weighted by Crippen LogP contribution is 2.39. The number of hydrogen-bond donors (Lipinski definition) is 3. The lowest BCUT2D eigenvalue weighted by Gasteiger charge is -2.35. The summed E-state index contributed by atoms with van der Waals surface area (Å²) in [5.41, 5.74) is 4.09. The molecular formula is C20H28N4O2. The molecule has 3 heterocycles. The zero-order valence-corrected chi connectivity index (χ0v) is 15.8. The zero-order valence-electron chi connectivity index (χ0n) is 15.8. The van der Waals surface area contributed by atoms with Crippen molar-refractivity contribution in [3.63, 3.8) is 0 Å². The summed E-state index contributed by atoms with van der Waals surface area (Å²) < 4.78 is 0. The van der Waals surface area contributed by atoms with Crippen molar-refractivity contribution < 1.29 is 10.2 Å². The molecule has 0 unspecified atom stereocenters. The first-order chi connectivity index (χ1) is 12.4. The molecule has 1 saturated heterocycles. The summed E-state index contributed by atoms with van der Waals surface area (Å²) in [4.78, 5) is 9.49. The molecule has 0 amide bonds. The van der Waals surface area contributed by atoms with Gasteiger partial charge < -0.3 is 20.4 Å². The van der Waals surface area contributed by atoms with Gasteiger partial charge in [0.15, 0.2) is 11.5 Å². The third kappa shape index (κ3) is 3.08. The van der Waals surface area contributed by atoms with Crippen molar-refractivity contribution >= 4 is 16.6 Å². The number of phenols is 2. The lowest BCUT2D eigenvalue weighted by Crippen LogP contribution is -2.42. The van der Waals surface area contributed by atoms with Crippen molar-refractivity contribution in [2.24, 2.45) is 0 Å². The molecule has 1 aromatic carbocycles. The summed E-state index contributed by atoms with van der Waals surface area (Å²) in [7, 11) is 2.09. The maximum absolute atomic E-state index is 10.0. The van der Waals surface area contributed by atoms with Crippen LogP contribution in [-0.4, -0.2) is 57.2 Å². The summed E-state index contributed by atoms with van der Waals surface area (Å²) in [5.74, 6) is -0.212. The maximum Gasteiger partial charge on any atom is 0.159 e. The predicted molar refractivity (Wildman–Crippen MR) is 104 cm³/mol. The predicted octanol–water partition coefficient (Wildman–Crippen LogP) is 2.88. The molecule has 0 atom stereocenters. The van der Waals surface area contributed by atoms with Gasteiger partial charge in [0, 0.05) is 55.3 Å². The Morgan fingerprint density at radius 1 is 1.12 bits per heavy atom. The minimum atomic E-state index is -0.118. The molecule has 1 fully saturated rings. The van der Waals surface area contributed by atoms with Crippen molar-refractivity contribution in [2.45, 2.75) is 51.9 Å². The average Bonchev–Trinajstić information content (AvgIpc) is 2.97. The fourth-order valence-corrected chi connectivity index (χ4v) is 4.19. The molecule has 3 N–H and O–H groups in total. The molecule has 1 aromatic heterocycles. The van der Waals surface area contributed by atoms with Gasteiger partial charge in [-0.25, -0.2) is 0 Å². The molecule has 4 rings (SSSR count). The van der Waals surface area contributed by atoms with E-state index in [4.69, 9.17) is 4.98 Å². The Morgan fingerprint density at radius 3 is 2.50 bits per heavy atom. The maximum atomic E-state index is 10.0. The molecule has 0 radical (unpaired) electrons. The number of likely N-dealkylation sites (tertiary alicyclic amines) is 1. The molecule has 0 aliphatic carbocycles. The third-order valence-corrected chi connectivity index (χ3v) is 5.72. The van der Waals surface area contributed by atoms with Gasteiger partial charge in [-0.05, 0) is 39.8 Å². The Labute approximate surface area is 154 Å². The van der Waals surface area contributed by atoms with E-state index >= 15 is 0 Å². The van der Waals surface area contributed by atoms with Gasteiger partial charge in [0.1, 0.15) is 0 Å². The zero-order chi connectivity index (χ0) is 18.4. The molecule has 2 aliphatic rings. The number of pyridine rings is 1. The molecule has 2 aromatic rings. The monoisotopic (exact) mass is 356 g/mol. The van der Waals surface area contributed by atoms with Gasteiger partial charge in [0.05, 0.1) is 16.9 Å². The van der Waals surface area contributed by atoms with Crippen LogP contribution in [0.1, 0.15) is 37.9 Å². The third-order valence-electron chi connectivity index (χ3n) is 5.72. The largest absolute Gasteiger partial charge is 0.504 e. The summed E-state index contributed by atoms with van der Waals surface area (Å²) in [6.07, 6.45) is 2.22. The van der Waals surface area contributed by atoms with E-state index < -0.39 is 0 Å². The van der Waals surface area contributed by atoms with Gasteiger partial charge in [0.2, 0.25) is 0 Å². The quantitative estimate of drug-likeness (QED) is 0.735. The lowest BCUT2D eigenvalue weighted by atomic mass is 10.0. The van der Waals surface area contributed by atoms with E-state index in [1.807, 2.05) is 0 Å². The summed E-state index contributed by atoms with van der Waals surface area (Å²) in [5, 5.41) is 24.6. The minimum absolute atomic E-state index is 0.0942. The molecule has 0 spiro atoms. The Bertz CT molecular complexity index is 828. The summed E-state index contributed by atoms with van der Waals surface area (Å²) in [6, 6.07) is 4.22. The van der Waals surface area contributed by atoms with E-state index in [0.29, 0.717) is 12.1 Å². The second-order valence-corrected chi connectivity index (χ2v) is 7.99. The van der Waals surface area contributed by atoms with E-state index in [0.717, 1.165) is 61.3 Å². The number of nitrogens with zero attached hydrogens (tertiary/aromatic N) is 3. The van der Waals surface area contributed by atoms with Crippen LogP contribution >= 0.6 is 0 Å². The van der Waals surface area contributed by atoms with E-state index in [9.17, 15) is 10.2 Å². The van der Waals surface area contributed by atoms with Crippen LogP contribution in [-0.2, 0) is 13.1 Å². The first kappa shape index (κ1) is 17.4. The van der Waals surface area contributed by atoms with Gasteiger partial charge in [-0.1, -0.05) is 0 Å². The highest BCUT2D eigenvalue weighted by atomic mass is 16.3. The number of rotatable bonds is 3. The van der Waals surface area contributed by atoms with E-state index in [2.05, 4.69) is 36.0 Å². The van der Waals surface area contributed by atoms with Crippen LogP contribution in [0.4, 0.5) is 5.69 Å². The number of fused-ring (bicyclic) bond motifs is 2. The molecule has 26 heavy (non-hydrogen) atoms. The van der Waals surface area contributed by atoms with Crippen LogP contribution in [0.3, 0.4) is 0 Å². The molecule has 2 aliphatic heterocycles. The topological polar surface area (TPSA) is 71.9 Å². The van der Waals surface area contributed by atoms with Crippen molar-refractivity contribution in [3.8, 4) is 11.5 Å². The minimum Gasteiger partial charge on any atom is -0.504 e. The van der Waals surface area contributed by atoms with E-state index in [-0.39, 0.29) is 11.5 Å². The lowest BCUT2D eigenvalue weighted by molar-refractivity contribution is 0.177. The second-order valence-electron chi connectivity index (χ2n) is 7.99. The molecule has 140 valence electrons. The molecule has 0 bridgehead atoms. The van der Waals surface area contributed by atoms with Crippen LogP contribution in [0.2, 0.25) is 0 Å². The van der Waals surface area contributed by atoms with Gasteiger partial charge >= 0.3 is 0 Å². The Hall–Kier alpha value is -2.05. The summed E-state index contributed by atoms with van der Waals surface area (Å²) in [6.45, 7) is 8.38.